The van der Waals surface area contributed by atoms with Crippen molar-refractivity contribution in [2.24, 2.45) is 0 Å². The van der Waals surface area contributed by atoms with Crippen molar-refractivity contribution in [2.75, 3.05) is 40.9 Å². The number of amides is 1. The van der Waals surface area contributed by atoms with E-state index >= 15 is 0 Å². The summed E-state index contributed by atoms with van der Waals surface area (Å²) in [7, 11) is 1.24. The minimum Gasteiger partial charge on any atom is -0.756 e. The number of nitrogens with zero attached hydrogens (tertiary/aromatic N) is 1. The van der Waals surface area contributed by atoms with Gasteiger partial charge in [-0.2, -0.15) is 0 Å². The molecule has 58 heavy (non-hydrogen) atoms. The second kappa shape index (κ2) is 40.8. The van der Waals surface area contributed by atoms with Gasteiger partial charge in [0.05, 0.1) is 39.9 Å². The SMILES string of the molecule is CCCCC/C=C/CC/C=C/C(O)C(COP(=O)([O-])OCC[N+](C)(C)C)NC(=O)CCCCCCCCCCCCC/C=C\C/C=C\CCCCCCCCCCC. The van der Waals surface area contributed by atoms with Crippen LogP contribution in [-0.4, -0.2) is 68.5 Å². The number of allylic oxidation sites excluding steroid dienone is 7. The van der Waals surface area contributed by atoms with Crippen molar-refractivity contribution in [1.29, 1.82) is 0 Å². The molecule has 0 fully saturated rings. The summed E-state index contributed by atoms with van der Waals surface area (Å²) in [5.41, 5.74) is 0. The fraction of sp³-hybridized carbons (Fsp3) is 0.816. The third-order valence-electron chi connectivity index (χ3n) is 10.5. The minimum atomic E-state index is -4.59. The normalized spacial score (nSPS) is 14.7. The third kappa shape index (κ3) is 42.6. The molecule has 0 aromatic rings. The van der Waals surface area contributed by atoms with Crippen molar-refractivity contribution in [3.63, 3.8) is 0 Å². The van der Waals surface area contributed by atoms with E-state index in [-0.39, 0.29) is 12.5 Å². The Morgan fingerprint density at radius 3 is 1.53 bits per heavy atom. The van der Waals surface area contributed by atoms with Crippen LogP contribution in [0.2, 0.25) is 0 Å². The van der Waals surface area contributed by atoms with Crippen molar-refractivity contribution in [3.05, 3.63) is 48.6 Å². The molecule has 0 aliphatic heterocycles. The molecule has 3 atom stereocenters. The van der Waals surface area contributed by atoms with Crippen LogP contribution in [0.1, 0.15) is 206 Å². The van der Waals surface area contributed by atoms with Crippen LogP contribution in [0.5, 0.6) is 0 Å². The maximum atomic E-state index is 12.8. The Bertz CT molecular complexity index is 1090. The predicted octanol–water partition coefficient (Wildman–Crippen LogP) is 13.0. The number of quaternary nitrogens is 1. The van der Waals surface area contributed by atoms with E-state index in [2.05, 4.69) is 55.6 Å². The van der Waals surface area contributed by atoms with Crippen LogP contribution in [-0.2, 0) is 18.4 Å². The highest BCUT2D eigenvalue weighted by atomic mass is 31.2. The smallest absolute Gasteiger partial charge is 0.268 e. The molecule has 0 spiro atoms. The number of aliphatic hydroxyl groups excluding tert-OH is 1. The number of rotatable bonds is 43. The molecule has 0 aliphatic carbocycles. The van der Waals surface area contributed by atoms with Gasteiger partial charge < -0.3 is 28.8 Å². The average Bonchev–Trinajstić information content (AvgIpc) is 3.17. The van der Waals surface area contributed by atoms with Crippen LogP contribution in [0.4, 0.5) is 0 Å². The number of nitrogens with one attached hydrogen (secondary N) is 1. The molecule has 0 radical (unpaired) electrons. The molecule has 0 saturated carbocycles. The van der Waals surface area contributed by atoms with Gasteiger partial charge in [0.2, 0.25) is 5.91 Å². The first-order valence-electron chi connectivity index (χ1n) is 24.0. The highest BCUT2D eigenvalue weighted by Gasteiger charge is 2.23. The van der Waals surface area contributed by atoms with Crippen molar-refractivity contribution in [1.82, 2.24) is 5.32 Å². The highest BCUT2D eigenvalue weighted by molar-refractivity contribution is 7.45. The molecular weight excluding hydrogens is 744 g/mol. The highest BCUT2D eigenvalue weighted by Crippen LogP contribution is 2.38. The summed E-state index contributed by atoms with van der Waals surface area (Å²) in [6, 6.07) is -0.902. The van der Waals surface area contributed by atoms with Gasteiger partial charge in [0.1, 0.15) is 13.2 Å². The molecule has 3 unspecified atom stereocenters. The van der Waals surface area contributed by atoms with Gasteiger partial charge in [0.15, 0.2) is 0 Å². The second-order valence-corrected chi connectivity index (χ2v) is 18.9. The van der Waals surface area contributed by atoms with E-state index in [9.17, 15) is 19.4 Å². The Balaban J connectivity index is 4.13. The average molecular weight is 837 g/mol. The Hall–Kier alpha value is -1.54. The van der Waals surface area contributed by atoms with Crippen LogP contribution in [0.3, 0.4) is 0 Å². The summed E-state index contributed by atoms with van der Waals surface area (Å²) in [4.78, 5) is 25.2. The Morgan fingerprint density at radius 2 is 1.02 bits per heavy atom. The lowest BCUT2D eigenvalue weighted by molar-refractivity contribution is -0.870. The number of unbranched alkanes of at least 4 members (excludes halogenated alkanes) is 24. The number of hydrogen-bond acceptors (Lipinski definition) is 6. The van der Waals surface area contributed by atoms with Crippen molar-refractivity contribution >= 4 is 13.7 Å². The van der Waals surface area contributed by atoms with E-state index in [4.69, 9.17) is 9.05 Å². The number of hydrogen-bond donors (Lipinski definition) is 2. The molecule has 2 N–H and O–H groups in total. The van der Waals surface area contributed by atoms with Gasteiger partial charge in [-0.15, -0.1) is 0 Å². The van der Waals surface area contributed by atoms with Crippen LogP contribution >= 0.6 is 7.82 Å². The zero-order chi connectivity index (χ0) is 42.8. The second-order valence-electron chi connectivity index (χ2n) is 17.5. The van der Waals surface area contributed by atoms with E-state index in [0.29, 0.717) is 17.4 Å². The number of likely N-dealkylation sites (N-methyl/N-ethyl adjacent to an activating group) is 1. The largest absolute Gasteiger partial charge is 0.756 e. The quantitative estimate of drug-likeness (QED) is 0.0274. The molecule has 0 saturated heterocycles. The molecule has 0 rings (SSSR count). The summed E-state index contributed by atoms with van der Waals surface area (Å²) >= 11 is 0. The van der Waals surface area contributed by atoms with Crippen LogP contribution in [0.25, 0.3) is 0 Å². The minimum absolute atomic E-state index is 0.00813. The van der Waals surface area contributed by atoms with E-state index in [1.807, 2.05) is 27.2 Å². The summed E-state index contributed by atoms with van der Waals surface area (Å²) in [6.45, 7) is 4.56. The molecule has 0 bridgehead atoms. The summed E-state index contributed by atoms with van der Waals surface area (Å²) in [5, 5.41) is 13.7. The molecule has 1 amide bonds. The topological polar surface area (TPSA) is 108 Å². The van der Waals surface area contributed by atoms with Gasteiger partial charge in [0.25, 0.3) is 7.82 Å². The molecule has 0 aromatic carbocycles. The maximum Gasteiger partial charge on any atom is 0.268 e. The summed E-state index contributed by atoms with van der Waals surface area (Å²) < 4.78 is 23.1. The van der Waals surface area contributed by atoms with Gasteiger partial charge in [-0.25, -0.2) is 0 Å². The number of phosphoric ester groups is 1. The maximum absolute atomic E-state index is 12.8. The number of phosphoric acid groups is 1. The number of aliphatic hydroxyl groups is 1. The van der Waals surface area contributed by atoms with E-state index in [1.165, 1.54) is 141 Å². The van der Waals surface area contributed by atoms with Gasteiger partial charge >= 0.3 is 0 Å². The van der Waals surface area contributed by atoms with Gasteiger partial charge in [-0.05, 0) is 64.2 Å². The Labute approximate surface area is 359 Å². The Kier molecular flexibility index (Phi) is 39.8. The zero-order valence-corrected chi connectivity index (χ0v) is 39.4. The lowest BCUT2D eigenvalue weighted by atomic mass is 10.0. The first kappa shape index (κ1) is 56.5. The van der Waals surface area contributed by atoms with E-state index in [1.54, 1.807) is 6.08 Å². The van der Waals surface area contributed by atoms with Crippen molar-refractivity contribution in [2.45, 2.75) is 219 Å². The van der Waals surface area contributed by atoms with E-state index in [0.717, 1.165) is 44.9 Å². The van der Waals surface area contributed by atoms with Crippen LogP contribution in [0, 0.1) is 0 Å². The molecule has 340 valence electrons. The fourth-order valence-electron chi connectivity index (χ4n) is 6.67. The number of carbonyl (C=O) groups excluding carboxylic acids is 1. The van der Waals surface area contributed by atoms with Crippen molar-refractivity contribution in [3.8, 4) is 0 Å². The molecule has 0 heterocycles. The number of carbonyl (C=O) groups is 1. The summed E-state index contributed by atoms with van der Waals surface area (Å²) in [5.74, 6) is -0.213. The molecule has 0 aromatic heterocycles. The van der Waals surface area contributed by atoms with E-state index < -0.39 is 26.6 Å². The zero-order valence-electron chi connectivity index (χ0n) is 38.5. The Morgan fingerprint density at radius 1 is 0.603 bits per heavy atom. The molecule has 8 nitrogen and oxygen atoms in total. The lowest BCUT2D eigenvalue weighted by Gasteiger charge is -2.29. The van der Waals surface area contributed by atoms with Gasteiger partial charge in [-0.3, -0.25) is 9.36 Å². The summed E-state index contributed by atoms with van der Waals surface area (Å²) in [6.07, 6.45) is 51.9. The monoisotopic (exact) mass is 837 g/mol. The first-order valence-corrected chi connectivity index (χ1v) is 25.5. The molecule has 0 aliphatic rings. The van der Waals surface area contributed by atoms with Gasteiger partial charge in [-0.1, -0.05) is 184 Å². The fourth-order valence-corrected chi connectivity index (χ4v) is 7.39. The van der Waals surface area contributed by atoms with Crippen LogP contribution in [0.15, 0.2) is 48.6 Å². The molecule has 9 heteroatoms. The standard InChI is InChI=1S/C49H93N2O6P/c1-6-8-10-12-14-16-17-18-19-20-21-22-23-24-25-26-27-28-29-30-31-32-33-35-37-39-41-43-49(53)50-47(46-57-58(54,55)56-45-44-51(3,4)5)48(52)42-40-38-36-34-15-13-11-9-7-2/h15,21-22,24-25,34,40,42,47-48,52H,6-14,16-20,23,26-33,35-39,41,43-46H2,1-5H3,(H-,50,53,54,55)/b22-21-,25-24-,34-15+,42-40+. The third-order valence-corrected chi connectivity index (χ3v) is 11.5. The van der Waals surface area contributed by atoms with Gasteiger partial charge in [0, 0.05) is 6.42 Å². The molecular formula is C49H93N2O6P. The first-order chi connectivity index (χ1) is 28.0. The lowest BCUT2D eigenvalue weighted by Crippen LogP contribution is -2.45. The van der Waals surface area contributed by atoms with Crippen LogP contribution < -0.4 is 10.2 Å². The predicted molar refractivity (Wildman–Crippen MR) is 247 cm³/mol. The van der Waals surface area contributed by atoms with Crippen molar-refractivity contribution < 1.29 is 32.9 Å².